The van der Waals surface area contributed by atoms with E-state index >= 15 is 0 Å². The Morgan fingerprint density at radius 1 is 1.18 bits per heavy atom. The first-order chi connectivity index (χ1) is 8.08. The molecule has 0 saturated heterocycles. The van der Waals surface area contributed by atoms with Gasteiger partial charge in [0.2, 0.25) is 0 Å². The van der Waals surface area contributed by atoms with Crippen LogP contribution in [0.3, 0.4) is 0 Å². The normalized spacial score (nSPS) is 10.2. The van der Waals surface area contributed by atoms with Gasteiger partial charge in [0.05, 0.1) is 5.56 Å². The predicted molar refractivity (Wildman–Crippen MR) is 68.9 cm³/mol. The molecule has 2 aromatic rings. The summed E-state index contributed by atoms with van der Waals surface area (Å²) in [4.78, 5) is 12.0. The maximum Gasteiger partial charge on any atom is 0.251 e. The number of amides is 1. The number of hydrogen-bond acceptors (Lipinski definition) is 3. The third kappa shape index (κ3) is 2.42. The molecule has 17 heavy (non-hydrogen) atoms. The highest BCUT2D eigenvalue weighted by Crippen LogP contribution is 2.22. The summed E-state index contributed by atoms with van der Waals surface area (Å²) in [7, 11) is 0. The Kier molecular flexibility index (Phi) is 3.06. The molecule has 1 aromatic heterocycles. The summed E-state index contributed by atoms with van der Waals surface area (Å²) < 4.78 is 0.204. The lowest BCUT2D eigenvalue weighted by molar-refractivity contribution is 0.0999. The highest BCUT2D eigenvalue weighted by Gasteiger charge is 2.05. The van der Waals surface area contributed by atoms with E-state index < -0.39 is 5.91 Å². The fourth-order valence-electron chi connectivity index (χ4n) is 1.50. The Balaban J connectivity index is 2.48. The maximum absolute atomic E-state index is 11.0. The summed E-state index contributed by atoms with van der Waals surface area (Å²) in [6.07, 6.45) is 0. The van der Waals surface area contributed by atoms with Crippen molar-refractivity contribution < 1.29 is 4.79 Å². The number of rotatable bonds is 2. The van der Waals surface area contributed by atoms with Crippen molar-refractivity contribution in [2.75, 3.05) is 0 Å². The molecule has 0 aliphatic heterocycles. The Morgan fingerprint density at radius 2 is 1.82 bits per heavy atom. The first-order valence-electron chi connectivity index (χ1n) is 5.13. The summed E-state index contributed by atoms with van der Waals surface area (Å²) in [6, 6.07) is 11.5. The van der Waals surface area contributed by atoms with Crippen molar-refractivity contribution in [3.05, 3.63) is 52.2 Å². The van der Waals surface area contributed by atoms with Gasteiger partial charge >= 0.3 is 0 Å². The fraction of sp³-hybridized carbons (Fsp3) is 0.0769. The van der Waals surface area contributed by atoms with Crippen molar-refractivity contribution in [3.63, 3.8) is 0 Å². The summed E-state index contributed by atoms with van der Waals surface area (Å²) in [6.45, 7) is 2.03. The van der Waals surface area contributed by atoms with Crippen LogP contribution in [0.15, 0.2) is 36.4 Å². The molecular formula is C13H12N2OS. The van der Waals surface area contributed by atoms with E-state index in [9.17, 15) is 4.79 Å². The number of nitrogens with two attached hydrogens (primary N) is 1. The molecule has 0 aliphatic rings. The lowest BCUT2D eigenvalue weighted by Crippen LogP contribution is -2.19. The van der Waals surface area contributed by atoms with Gasteiger partial charge in [-0.05, 0) is 24.6 Å². The second-order valence-corrected chi connectivity index (χ2v) is 4.82. The first-order valence-corrected chi connectivity index (χ1v) is 5.95. The second-order valence-electron chi connectivity index (χ2n) is 3.77. The highest BCUT2D eigenvalue weighted by molar-refractivity contribution is 7.12. The second kappa shape index (κ2) is 4.51. The molecule has 1 amide bonds. The van der Waals surface area contributed by atoms with E-state index in [2.05, 4.69) is 0 Å². The largest absolute Gasteiger partial charge is 0.366 e. The van der Waals surface area contributed by atoms with Gasteiger partial charge in [0.25, 0.3) is 5.91 Å². The molecule has 0 saturated carbocycles. The minimum atomic E-state index is -0.554. The third-order valence-corrected chi connectivity index (χ3v) is 3.48. The van der Waals surface area contributed by atoms with Gasteiger partial charge in [0.15, 0.2) is 0 Å². The van der Waals surface area contributed by atoms with Crippen LogP contribution in [0.2, 0.25) is 0 Å². The standard InChI is InChI=1S/C13H12N2OS/c1-8-2-4-9(5-3-8)11-7-6-10(12(14)16)13(15)17-11/h2-7,15H,1H3,(H2,14,16). The van der Waals surface area contributed by atoms with Gasteiger partial charge in [0, 0.05) is 4.88 Å². The summed E-state index contributed by atoms with van der Waals surface area (Å²) in [5.74, 6) is -0.554. The number of benzene rings is 1. The molecule has 2 rings (SSSR count). The zero-order valence-electron chi connectivity index (χ0n) is 9.36. The van der Waals surface area contributed by atoms with Crippen molar-refractivity contribution in [2.45, 2.75) is 6.92 Å². The monoisotopic (exact) mass is 244 g/mol. The minimum absolute atomic E-state index is 0.204. The molecule has 3 nitrogen and oxygen atoms in total. The van der Waals surface area contributed by atoms with E-state index in [4.69, 9.17) is 11.1 Å². The van der Waals surface area contributed by atoms with Crippen LogP contribution in [0.5, 0.6) is 0 Å². The van der Waals surface area contributed by atoms with E-state index in [1.807, 2.05) is 37.3 Å². The number of carbonyl (C=O) groups excluding carboxylic acids is 1. The molecule has 86 valence electrons. The van der Waals surface area contributed by atoms with Crippen molar-refractivity contribution in [2.24, 2.45) is 5.73 Å². The van der Waals surface area contributed by atoms with Crippen molar-refractivity contribution in [1.29, 1.82) is 5.41 Å². The van der Waals surface area contributed by atoms with Crippen LogP contribution >= 0.6 is 11.3 Å². The first kappa shape index (κ1) is 11.5. The van der Waals surface area contributed by atoms with Crippen LogP contribution in [-0.2, 0) is 0 Å². The Labute approximate surface area is 103 Å². The molecule has 0 fully saturated rings. The maximum atomic E-state index is 11.0. The van der Waals surface area contributed by atoms with Gasteiger partial charge in [-0.25, -0.2) is 0 Å². The molecule has 0 unspecified atom stereocenters. The number of primary amides is 1. The average molecular weight is 244 g/mol. The van der Waals surface area contributed by atoms with Crippen LogP contribution < -0.4 is 10.4 Å². The van der Waals surface area contributed by atoms with Gasteiger partial charge in [-0.2, -0.15) is 0 Å². The lowest BCUT2D eigenvalue weighted by atomic mass is 10.1. The summed E-state index contributed by atoms with van der Waals surface area (Å²) in [5.41, 5.74) is 7.68. The van der Waals surface area contributed by atoms with Gasteiger partial charge in [0.1, 0.15) is 4.67 Å². The molecule has 0 atom stereocenters. The quantitative estimate of drug-likeness (QED) is 0.836. The van der Waals surface area contributed by atoms with Gasteiger partial charge in [-0.15, -0.1) is 11.3 Å². The number of hydrogen-bond donors (Lipinski definition) is 2. The van der Waals surface area contributed by atoms with Crippen LogP contribution in [0.4, 0.5) is 0 Å². The van der Waals surface area contributed by atoms with E-state index in [-0.39, 0.29) is 10.2 Å². The zero-order chi connectivity index (χ0) is 12.4. The predicted octanol–water partition coefficient (Wildman–Crippen LogP) is 2.30. The molecule has 1 heterocycles. The summed E-state index contributed by atoms with van der Waals surface area (Å²) in [5, 5.41) is 7.75. The Bertz CT molecular complexity index is 614. The van der Waals surface area contributed by atoms with Gasteiger partial charge in [-0.3, -0.25) is 10.2 Å². The topological polar surface area (TPSA) is 66.9 Å². The lowest BCUT2D eigenvalue weighted by Gasteiger charge is -2.02. The van der Waals surface area contributed by atoms with Crippen LogP contribution in [0.25, 0.3) is 10.4 Å². The van der Waals surface area contributed by atoms with Crippen LogP contribution in [0.1, 0.15) is 15.9 Å². The minimum Gasteiger partial charge on any atom is -0.366 e. The number of nitrogens with one attached hydrogen (secondary N) is 1. The molecule has 0 aliphatic carbocycles. The van der Waals surface area contributed by atoms with Gasteiger partial charge in [-0.1, -0.05) is 29.8 Å². The van der Waals surface area contributed by atoms with E-state index in [1.165, 1.54) is 16.9 Å². The molecule has 0 bridgehead atoms. The third-order valence-electron chi connectivity index (χ3n) is 2.46. The zero-order valence-corrected chi connectivity index (χ0v) is 10.2. The number of carbonyl (C=O) groups is 1. The molecule has 1 aromatic carbocycles. The SMILES string of the molecule is Cc1ccc(-c2ccc(C(N)=O)c(=N)s2)cc1. The fourth-order valence-corrected chi connectivity index (χ4v) is 2.39. The number of aryl methyl sites for hydroxylation is 1. The van der Waals surface area contributed by atoms with E-state index in [0.29, 0.717) is 0 Å². The molecule has 0 radical (unpaired) electrons. The van der Waals surface area contributed by atoms with Gasteiger partial charge < -0.3 is 5.73 Å². The van der Waals surface area contributed by atoms with Crippen molar-refractivity contribution in [3.8, 4) is 10.4 Å². The van der Waals surface area contributed by atoms with Crippen LogP contribution in [0, 0.1) is 12.3 Å². The smallest absolute Gasteiger partial charge is 0.251 e. The Morgan fingerprint density at radius 3 is 2.35 bits per heavy atom. The molecule has 3 N–H and O–H groups in total. The highest BCUT2D eigenvalue weighted by atomic mass is 32.1. The molecular weight excluding hydrogens is 232 g/mol. The summed E-state index contributed by atoms with van der Waals surface area (Å²) >= 11 is 1.26. The van der Waals surface area contributed by atoms with Crippen molar-refractivity contribution >= 4 is 17.2 Å². The molecule has 4 heteroatoms. The van der Waals surface area contributed by atoms with Crippen LogP contribution in [-0.4, -0.2) is 5.91 Å². The molecule has 0 spiro atoms. The van der Waals surface area contributed by atoms with Crippen molar-refractivity contribution in [1.82, 2.24) is 0 Å². The van der Waals surface area contributed by atoms with E-state index in [0.717, 1.165) is 10.4 Å². The average Bonchev–Trinajstić information content (AvgIpc) is 2.29. The van der Waals surface area contributed by atoms with E-state index in [1.54, 1.807) is 6.07 Å². The Hall–Kier alpha value is -1.94.